The molecule has 1 heterocycles. The summed E-state index contributed by atoms with van der Waals surface area (Å²) in [5, 5.41) is 9.23. The van der Waals surface area contributed by atoms with Crippen LogP contribution in [0.15, 0.2) is 0 Å². The summed E-state index contributed by atoms with van der Waals surface area (Å²) in [5.41, 5.74) is 0. The number of ether oxygens (including phenoxy) is 1. The molecular formula is C16H27NO4. The first kappa shape index (κ1) is 16.3. The van der Waals surface area contributed by atoms with Crippen LogP contribution < -0.4 is 0 Å². The van der Waals surface area contributed by atoms with Gasteiger partial charge >= 0.3 is 5.97 Å². The summed E-state index contributed by atoms with van der Waals surface area (Å²) in [4.78, 5) is 25.4. The number of hydrogen-bond acceptors (Lipinski definition) is 3. The minimum atomic E-state index is -0.865. The molecule has 0 radical (unpaired) electrons. The summed E-state index contributed by atoms with van der Waals surface area (Å²) in [6.07, 6.45) is 7.86. The van der Waals surface area contributed by atoms with Gasteiger partial charge in [0.25, 0.3) is 0 Å². The highest BCUT2D eigenvalue weighted by Gasteiger charge is 2.39. The third-order valence-corrected chi connectivity index (χ3v) is 4.92. The summed E-state index contributed by atoms with van der Waals surface area (Å²) < 4.78 is 5.28. The van der Waals surface area contributed by atoms with Crippen molar-refractivity contribution in [2.75, 3.05) is 19.8 Å². The van der Waals surface area contributed by atoms with E-state index in [2.05, 4.69) is 0 Å². The number of carboxylic acids is 1. The van der Waals surface area contributed by atoms with Crippen LogP contribution in [-0.4, -0.2) is 47.7 Å². The van der Waals surface area contributed by atoms with Crippen LogP contribution in [0.25, 0.3) is 0 Å². The van der Waals surface area contributed by atoms with Gasteiger partial charge in [-0.25, -0.2) is 0 Å². The van der Waals surface area contributed by atoms with Crippen LogP contribution >= 0.6 is 0 Å². The van der Waals surface area contributed by atoms with Gasteiger partial charge in [-0.1, -0.05) is 32.1 Å². The Morgan fingerprint density at radius 3 is 2.52 bits per heavy atom. The van der Waals surface area contributed by atoms with Crippen LogP contribution in [0.1, 0.15) is 51.9 Å². The maximum Gasteiger partial charge on any atom is 0.311 e. The summed E-state index contributed by atoms with van der Waals surface area (Å²) in [6.45, 7) is 3.03. The molecule has 1 amide bonds. The van der Waals surface area contributed by atoms with Crippen molar-refractivity contribution in [2.45, 2.75) is 57.9 Å². The number of amides is 1. The van der Waals surface area contributed by atoms with Gasteiger partial charge in [0, 0.05) is 13.0 Å². The Morgan fingerprint density at radius 1 is 1.19 bits per heavy atom. The van der Waals surface area contributed by atoms with E-state index in [1.807, 2.05) is 6.92 Å². The molecule has 1 aliphatic carbocycles. The summed E-state index contributed by atoms with van der Waals surface area (Å²) in [7, 11) is 0. The van der Waals surface area contributed by atoms with Crippen molar-refractivity contribution in [1.29, 1.82) is 0 Å². The van der Waals surface area contributed by atoms with Gasteiger partial charge in [0.05, 0.1) is 19.3 Å². The van der Waals surface area contributed by atoms with Crippen molar-refractivity contribution in [3.63, 3.8) is 0 Å². The van der Waals surface area contributed by atoms with Crippen molar-refractivity contribution in [3.05, 3.63) is 0 Å². The molecule has 1 aliphatic heterocycles. The second-order valence-corrected chi connectivity index (χ2v) is 6.27. The summed E-state index contributed by atoms with van der Waals surface area (Å²) in [5.74, 6) is -0.680. The number of carboxylic acid groups (broad SMARTS) is 1. The van der Waals surface area contributed by atoms with Gasteiger partial charge in [-0.2, -0.15) is 0 Å². The number of nitrogens with zero attached hydrogens (tertiary/aromatic N) is 1. The molecule has 2 rings (SSSR count). The van der Waals surface area contributed by atoms with Gasteiger partial charge in [-0.15, -0.1) is 0 Å². The average Bonchev–Trinajstić information content (AvgIpc) is 2.96. The Hall–Kier alpha value is -1.10. The Balaban J connectivity index is 1.87. The minimum Gasteiger partial charge on any atom is -0.481 e. The van der Waals surface area contributed by atoms with E-state index >= 15 is 0 Å². The molecule has 2 atom stereocenters. The van der Waals surface area contributed by atoms with Crippen molar-refractivity contribution >= 4 is 11.9 Å². The van der Waals surface area contributed by atoms with Crippen molar-refractivity contribution in [3.8, 4) is 0 Å². The number of aliphatic carboxylic acids is 1. The third kappa shape index (κ3) is 4.19. The van der Waals surface area contributed by atoms with E-state index < -0.39 is 11.9 Å². The summed E-state index contributed by atoms with van der Waals surface area (Å²) in [6, 6.07) is -0.300. The van der Waals surface area contributed by atoms with Crippen LogP contribution in [0.2, 0.25) is 0 Å². The van der Waals surface area contributed by atoms with E-state index in [4.69, 9.17) is 4.74 Å². The molecule has 5 nitrogen and oxygen atoms in total. The molecule has 21 heavy (non-hydrogen) atoms. The molecule has 0 aromatic carbocycles. The lowest BCUT2D eigenvalue weighted by molar-refractivity contribution is -0.145. The lowest BCUT2D eigenvalue weighted by atomic mass is 9.86. The molecular weight excluding hydrogens is 270 g/mol. The zero-order chi connectivity index (χ0) is 15.2. The van der Waals surface area contributed by atoms with Crippen molar-refractivity contribution < 1.29 is 19.4 Å². The molecule has 2 aliphatic rings. The lowest BCUT2D eigenvalue weighted by Gasteiger charge is -2.30. The highest BCUT2D eigenvalue weighted by molar-refractivity contribution is 5.78. The number of carbonyl (C=O) groups is 2. The fourth-order valence-electron chi connectivity index (χ4n) is 3.63. The predicted octanol–water partition coefficient (Wildman–Crippen LogP) is 2.29. The fourth-order valence-corrected chi connectivity index (χ4v) is 3.63. The first-order valence-corrected chi connectivity index (χ1v) is 8.23. The summed E-state index contributed by atoms with van der Waals surface area (Å²) >= 11 is 0. The van der Waals surface area contributed by atoms with Gasteiger partial charge in [0.2, 0.25) is 5.91 Å². The SMILES string of the molecule is CCN(C(=O)CCC1CCCCC1)C1COCC1C(=O)O. The van der Waals surface area contributed by atoms with E-state index in [0.717, 1.165) is 6.42 Å². The molecule has 2 unspecified atom stereocenters. The molecule has 5 heteroatoms. The molecule has 1 saturated carbocycles. The highest BCUT2D eigenvalue weighted by Crippen LogP contribution is 2.28. The van der Waals surface area contributed by atoms with Gasteiger partial charge in [0.15, 0.2) is 0 Å². The quantitative estimate of drug-likeness (QED) is 0.817. The molecule has 1 saturated heterocycles. The normalized spacial score (nSPS) is 26.7. The molecule has 0 spiro atoms. The van der Waals surface area contributed by atoms with Crippen molar-refractivity contribution in [1.82, 2.24) is 4.90 Å². The first-order valence-electron chi connectivity index (χ1n) is 8.23. The topological polar surface area (TPSA) is 66.8 Å². The number of carbonyl (C=O) groups excluding carboxylic acids is 1. The van der Waals surface area contributed by atoms with E-state index in [1.54, 1.807) is 4.90 Å². The number of hydrogen-bond donors (Lipinski definition) is 1. The largest absolute Gasteiger partial charge is 0.481 e. The van der Waals surface area contributed by atoms with E-state index in [0.29, 0.717) is 25.5 Å². The smallest absolute Gasteiger partial charge is 0.311 e. The van der Waals surface area contributed by atoms with E-state index in [9.17, 15) is 14.7 Å². The number of likely N-dealkylation sites (N-methyl/N-ethyl adjacent to an activating group) is 1. The Morgan fingerprint density at radius 2 is 1.90 bits per heavy atom. The zero-order valence-electron chi connectivity index (χ0n) is 12.9. The predicted molar refractivity (Wildman–Crippen MR) is 78.9 cm³/mol. The van der Waals surface area contributed by atoms with Crippen molar-refractivity contribution in [2.24, 2.45) is 11.8 Å². The standard InChI is InChI=1S/C16H27NO4/c1-2-17(14-11-21-10-13(14)16(19)20)15(18)9-8-12-6-4-3-5-7-12/h12-14H,2-11H2,1H3,(H,19,20). The Bertz CT molecular complexity index is 365. The first-order chi connectivity index (χ1) is 10.1. The average molecular weight is 297 g/mol. The maximum atomic E-state index is 12.4. The molecule has 0 aromatic heterocycles. The van der Waals surface area contributed by atoms with Gasteiger partial charge < -0.3 is 14.7 Å². The van der Waals surface area contributed by atoms with Crippen LogP contribution in [-0.2, 0) is 14.3 Å². The fraction of sp³-hybridized carbons (Fsp3) is 0.875. The van der Waals surface area contributed by atoms with Crippen LogP contribution in [0.5, 0.6) is 0 Å². The maximum absolute atomic E-state index is 12.4. The Kier molecular flexibility index (Phi) is 6.03. The second-order valence-electron chi connectivity index (χ2n) is 6.27. The monoisotopic (exact) mass is 297 g/mol. The molecule has 120 valence electrons. The highest BCUT2D eigenvalue weighted by atomic mass is 16.5. The van der Waals surface area contributed by atoms with E-state index in [-0.39, 0.29) is 18.6 Å². The number of rotatable bonds is 6. The Labute approximate surface area is 126 Å². The molecule has 0 aromatic rings. The zero-order valence-corrected chi connectivity index (χ0v) is 12.9. The van der Waals surface area contributed by atoms with Crippen LogP contribution in [0, 0.1) is 11.8 Å². The van der Waals surface area contributed by atoms with Crippen LogP contribution in [0.3, 0.4) is 0 Å². The molecule has 1 N–H and O–H groups in total. The molecule has 2 fully saturated rings. The van der Waals surface area contributed by atoms with Gasteiger partial charge in [0.1, 0.15) is 5.92 Å². The third-order valence-electron chi connectivity index (χ3n) is 4.92. The minimum absolute atomic E-state index is 0.0878. The second kappa shape index (κ2) is 7.78. The van der Waals surface area contributed by atoms with Gasteiger partial charge in [-0.3, -0.25) is 9.59 Å². The van der Waals surface area contributed by atoms with Crippen LogP contribution in [0.4, 0.5) is 0 Å². The lowest BCUT2D eigenvalue weighted by Crippen LogP contribution is -2.46. The van der Waals surface area contributed by atoms with Gasteiger partial charge in [-0.05, 0) is 19.3 Å². The molecule has 0 bridgehead atoms. The van der Waals surface area contributed by atoms with E-state index in [1.165, 1.54) is 32.1 Å².